The van der Waals surface area contributed by atoms with Gasteiger partial charge in [0.1, 0.15) is 12.7 Å². The van der Waals surface area contributed by atoms with Crippen LogP contribution < -0.4 is 19.9 Å². The highest BCUT2D eigenvalue weighted by Gasteiger charge is 2.41. The Morgan fingerprint density at radius 3 is 2.91 bits per heavy atom. The summed E-state index contributed by atoms with van der Waals surface area (Å²) in [7, 11) is 0. The van der Waals surface area contributed by atoms with Gasteiger partial charge in [-0.1, -0.05) is 11.6 Å². The maximum Gasteiger partial charge on any atom is 0.329 e. The zero-order chi connectivity index (χ0) is 24.5. The van der Waals surface area contributed by atoms with E-state index < -0.39 is 12.7 Å². The van der Waals surface area contributed by atoms with Crippen LogP contribution >= 0.6 is 11.6 Å². The number of fused-ring (bicyclic) bond motifs is 4. The molecular weight excluding hydrogens is 474 g/mol. The van der Waals surface area contributed by atoms with Crippen molar-refractivity contribution in [2.45, 2.75) is 25.5 Å². The molecule has 1 saturated heterocycles. The molecule has 35 heavy (non-hydrogen) atoms. The molecule has 0 radical (unpaired) electrons. The van der Waals surface area contributed by atoms with Gasteiger partial charge in [0.25, 0.3) is 0 Å². The van der Waals surface area contributed by atoms with Crippen molar-refractivity contribution in [2.75, 3.05) is 41.4 Å². The molecule has 2 bridgehead atoms. The summed E-state index contributed by atoms with van der Waals surface area (Å²) in [5.74, 6) is 0.945. The Labute approximate surface area is 206 Å². The minimum Gasteiger partial charge on any atom is -0.474 e. The van der Waals surface area contributed by atoms with Gasteiger partial charge in [0.05, 0.1) is 41.4 Å². The molecule has 0 spiro atoms. The number of ether oxygens (including phenoxy) is 1. The molecule has 5 rings (SSSR count). The highest BCUT2D eigenvalue weighted by atomic mass is 35.5. The molecule has 11 nitrogen and oxygen atoms in total. The predicted molar refractivity (Wildman–Crippen MR) is 130 cm³/mol. The lowest BCUT2D eigenvalue weighted by Crippen LogP contribution is -2.48. The molecule has 2 aliphatic rings. The quantitative estimate of drug-likeness (QED) is 0.468. The Bertz CT molecular complexity index is 1240. The van der Waals surface area contributed by atoms with Gasteiger partial charge >= 0.3 is 6.03 Å². The van der Waals surface area contributed by atoms with Crippen LogP contribution in [0.2, 0.25) is 5.02 Å². The van der Waals surface area contributed by atoms with Crippen molar-refractivity contribution in [3.8, 4) is 17.1 Å². The number of rotatable bonds is 6. The summed E-state index contributed by atoms with van der Waals surface area (Å²) in [5.41, 5.74) is 3.06. The summed E-state index contributed by atoms with van der Waals surface area (Å²) < 4.78 is 5.26. The first-order chi connectivity index (χ1) is 16.9. The van der Waals surface area contributed by atoms with Gasteiger partial charge < -0.3 is 19.8 Å². The number of urea groups is 1. The fourth-order valence-corrected chi connectivity index (χ4v) is 4.50. The average molecular weight is 498 g/mol. The zero-order valence-electron chi connectivity index (χ0n) is 18.9. The van der Waals surface area contributed by atoms with Crippen molar-refractivity contribution < 1.29 is 19.7 Å². The van der Waals surface area contributed by atoms with E-state index in [1.54, 1.807) is 11.1 Å². The number of amides is 2. The Kier molecular flexibility index (Phi) is 6.37. The lowest BCUT2D eigenvalue weighted by atomic mass is 10.1. The first-order valence-electron chi connectivity index (χ1n) is 11.2. The smallest absolute Gasteiger partial charge is 0.329 e. The molecule has 182 valence electrons. The van der Waals surface area contributed by atoms with Gasteiger partial charge in [-0.05, 0) is 31.5 Å². The van der Waals surface area contributed by atoms with E-state index in [0.717, 1.165) is 29.9 Å². The molecule has 3 aromatic rings. The van der Waals surface area contributed by atoms with Gasteiger partial charge in [0, 0.05) is 30.5 Å². The van der Waals surface area contributed by atoms with E-state index >= 15 is 0 Å². The van der Waals surface area contributed by atoms with Crippen molar-refractivity contribution in [2.24, 2.45) is 0 Å². The van der Waals surface area contributed by atoms with Crippen LogP contribution in [-0.4, -0.2) is 74.6 Å². The van der Waals surface area contributed by atoms with Crippen LogP contribution in [0.4, 0.5) is 22.1 Å². The zero-order valence-corrected chi connectivity index (χ0v) is 19.7. The highest BCUT2D eigenvalue weighted by molar-refractivity contribution is 6.33. The summed E-state index contributed by atoms with van der Waals surface area (Å²) in [5, 5.41) is 21.5. The molecule has 3 aromatic heterocycles. The van der Waals surface area contributed by atoms with Crippen LogP contribution in [0, 0.1) is 6.92 Å². The third-order valence-corrected chi connectivity index (χ3v) is 6.21. The number of aliphatic hydroxyl groups excluding tert-OH is 2. The summed E-state index contributed by atoms with van der Waals surface area (Å²) in [4.78, 5) is 34.6. The van der Waals surface area contributed by atoms with Crippen LogP contribution in [0.25, 0.3) is 11.3 Å². The number of carbonyl (C=O) groups excluding carboxylic acids is 1. The van der Waals surface area contributed by atoms with Gasteiger partial charge in [-0.25, -0.2) is 19.7 Å². The minimum atomic E-state index is -1.01. The summed E-state index contributed by atoms with van der Waals surface area (Å²) in [6.45, 7) is 2.86. The molecule has 1 fully saturated rings. The van der Waals surface area contributed by atoms with Crippen molar-refractivity contribution in [1.82, 2.24) is 19.9 Å². The molecule has 12 heteroatoms. The van der Waals surface area contributed by atoms with E-state index in [4.69, 9.17) is 26.4 Å². The maximum atomic E-state index is 13.4. The maximum absolute atomic E-state index is 13.4. The second-order valence-electron chi connectivity index (χ2n) is 8.42. The monoisotopic (exact) mass is 497 g/mol. The number of aryl methyl sites for hydroxylation is 1. The fraction of sp³-hybridized carbons (Fsp3) is 0.348. The average Bonchev–Trinajstić information content (AvgIpc) is 3.28. The normalized spacial score (nSPS) is 17.2. The highest BCUT2D eigenvalue weighted by Crippen LogP contribution is 2.43. The van der Waals surface area contributed by atoms with E-state index in [0.29, 0.717) is 23.1 Å². The second kappa shape index (κ2) is 9.61. The Hall–Kier alpha value is -3.54. The number of aliphatic hydroxyl groups is 2. The first-order valence-corrected chi connectivity index (χ1v) is 11.5. The van der Waals surface area contributed by atoms with Crippen LogP contribution in [0.1, 0.15) is 12.1 Å². The van der Waals surface area contributed by atoms with Crippen molar-refractivity contribution >= 4 is 35.0 Å². The molecule has 2 amide bonds. The lowest BCUT2D eigenvalue weighted by Gasteiger charge is -2.36. The largest absolute Gasteiger partial charge is 0.474 e. The number of nitrogens with zero attached hydrogens (tertiary/aromatic N) is 6. The van der Waals surface area contributed by atoms with E-state index in [9.17, 15) is 9.90 Å². The summed E-state index contributed by atoms with van der Waals surface area (Å²) in [6, 6.07) is 5.20. The standard InChI is InChI=1S/C23H24ClN7O4/c1-13-6-14(2-4-25-13)21-17(24)7-18-22(29-21)31(15-3-5-30(18)10-15)23(34)28-19-8-27-20(9-26-19)35-12-16(33)11-32/h2,4,6-9,15-16,32-33H,3,5,10-12H2,1H3,(H,26,28,34)/t15-,16-/m0/s1. The second-order valence-corrected chi connectivity index (χ2v) is 8.83. The number of pyridine rings is 2. The predicted octanol–water partition coefficient (Wildman–Crippen LogP) is 2.26. The SMILES string of the molecule is Cc1cc(-c2nc3c(cc2Cl)N2CC[C@@H](C2)N3C(=O)Nc2cnc(OC[C@@H](O)CO)cn2)ccn1. The lowest BCUT2D eigenvalue weighted by molar-refractivity contribution is 0.0520. The van der Waals surface area contributed by atoms with E-state index in [2.05, 4.69) is 25.2 Å². The van der Waals surface area contributed by atoms with Gasteiger partial charge in [-0.15, -0.1) is 0 Å². The molecule has 2 aliphatic heterocycles. The van der Waals surface area contributed by atoms with Crippen molar-refractivity contribution in [3.63, 3.8) is 0 Å². The number of hydrogen-bond donors (Lipinski definition) is 3. The summed E-state index contributed by atoms with van der Waals surface area (Å²) in [6.07, 6.45) is 4.20. The van der Waals surface area contributed by atoms with Crippen LogP contribution in [-0.2, 0) is 0 Å². The van der Waals surface area contributed by atoms with E-state index in [1.807, 2.05) is 25.1 Å². The van der Waals surface area contributed by atoms with Gasteiger partial charge in [0.2, 0.25) is 5.88 Å². The topological polar surface area (TPSA) is 137 Å². The Balaban J connectivity index is 1.41. The van der Waals surface area contributed by atoms with Crippen molar-refractivity contribution in [1.29, 1.82) is 0 Å². The molecule has 0 saturated carbocycles. The Morgan fingerprint density at radius 2 is 2.17 bits per heavy atom. The molecule has 0 unspecified atom stereocenters. The molecule has 0 aliphatic carbocycles. The van der Waals surface area contributed by atoms with Gasteiger partial charge in [-0.3, -0.25) is 15.2 Å². The number of hydrogen-bond acceptors (Lipinski definition) is 9. The third kappa shape index (κ3) is 4.70. The number of anilines is 3. The fourth-order valence-electron chi connectivity index (χ4n) is 4.24. The molecule has 5 heterocycles. The molecule has 0 aromatic carbocycles. The Morgan fingerprint density at radius 1 is 1.31 bits per heavy atom. The van der Waals surface area contributed by atoms with Crippen LogP contribution in [0.5, 0.6) is 5.88 Å². The number of nitrogens with one attached hydrogen (secondary N) is 1. The summed E-state index contributed by atoms with van der Waals surface area (Å²) >= 11 is 6.62. The molecular formula is C23H24ClN7O4. The van der Waals surface area contributed by atoms with Crippen molar-refractivity contribution in [3.05, 3.63) is 47.5 Å². The number of carbonyl (C=O) groups is 1. The third-order valence-electron chi connectivity index (χ3n) is 5.92. The van der Waals surface area contributed by atoms with E-state index in [-0.39, 0.29) is 30.4 Å². The number of halogens is 1. The van der Waals surface area contributed by atoms with Gasteiger partial charge in [-0.2, -0.15) is 0 Å². The van der Waals surface area contributed by atoms with Crippen LogP contribution in [0.15, 0.2) is 36.8 Å². The first kappa shape index (κ1) is 23.2. The molecule has 3 N–H and O–H groups in total. The number of aromatic nitrogens is 4. The van der Waals surface area contributed by atoms with Crippen LogP contribution in [0.3, 0.4) is 0 Å². The van der Waals surface area contributed by atoms with Gasteiger partial charge in [0.15, 0.2) is 11.6 Å². The van der Waals surface area contributed by atoms with E-state index in [1.165, 1.54) is 12.4 Å². The molecule has 2 atom stereocenters. The minimum absolute atomic E-state index is 0.0428.